The number of H-pyrrole nitrogens is 1. The number of carbonyl (C=O) groups excluding carboxylic acids is 2. The maximum atomic E-state index is 13.8. The van der Waals surface area contributed by atoms with Crippen molar-refractivity contribution in [2.24, 2.45) is 0 Å². The minimum atomic E-state index is -0.283. The highest BCUT2D eigenvalue weighted by molar-refractivity contribution is 6.10. The number of aromatic amines is 1. The fourth-order valence-electron chi connectivity index (χ4n) is 4.56. The third kappa shape index (κ3) is 3.31. The Morgan fingerprint density at radius 2 is 2.04 bits per heavy atom. The van der Waals surface area contributed by atoms with Crippen LogP contribution < -0.4 is 0 Å². The van der Waals surface area contributed by atoms with E-state index >= 15 is 0 Å². The molecule has 0 radical (unpaired) electrons. The molecule has 1 unspecified atom stereocenters. The van der Waals surface area contributed by atoms with E-state index in [0.717, 1.165) is 55.5 Å². The van der Waals surface area contributed by atoms with Crippen molar-refractivity contribution >= 4 is 11.7 Å². The molecule has 1 amide bonds. The van der Waals surface area contributed by atoms with Gasteiger partial charge in [-0.1, -0.05) is 25.0 Å². The van der Waals surface area contributed by atoms with Crippen molar-refractivity contribution in [3.8, 4) is 0 Å². The summed E-state index contributed by atoms with van der Waals surface area (Å²) in [4.78, 5) is 31.2. The van der Waals surface area contributed by atoms with Gasteiger partial charge in [-0.2, -0.15) is 0 Å². The van der Waals surface area contributed by atoms with E-state index in [2.05, 4.69) is 4.98 Å². The van der Waals surface area contributed by atoms with E-state index < -0.39 is 0 Å². The number of nitrogens with one attached hydrogen (secondary N) is 1. The topological polar surface area (TPSA) is 53.2 Å². The number of halogens is 1. The molecule has 0 saturated carbocycles. The molecule has 1 fully saturated rings. The molecule has 2 heterocycles. The summed E-state index contributed by atoms with van der Waals surface area (Å²) < 4.78 is 13.8. The van der Waals surface area contributed by atoms with E-state index in [1.807, 2.05) is 17.9 Å². The lowest BCUT2D eigenvalue weighted by molar-refractivity contribution is 0.0675. The van der Waals surface area contributed by atoms with Gasteiger partial charge in [0.15, 0.2) is 5.78 Å². The van der Waals surface area contributed by atoms with Crippen LogP contribution in [0.2, 0.25) is 0 Å². The number of fused-ring (bicyclic) bond motifs is 1. The summed E-state index contributed by atoms with van der Waals surface area (Å²) in [5.74, 6) is -0.327. The predicted octanol–water partition coefficient (Wildman–Crippen LogP) is 4.74. The van der Waals surface area contributed by atoms with Crippen molar-refractivity contribution < 1.29 is 14.0 Å². The highest BCUT2D eigenvalue weighted by Gasteiger charge is 2.34. The van der Waals surface area contributed by atoms with Crippen LogP contribution in [0.15, 0.2) is 24.3 Å². The van der Waals surface area contributed by atoms with Crippen molar-refractivity contribution in [1.29, 1.82) is 0 Å². The van der Waals surface area contributed by atoms with E-state index in [9.17, 15) is 14.0 Å². The first-order valence-electron chi connectivity index (χ1n) is 9.87. The number of Topliss-reactive ketones (excluding diaryl/α,β-unsaturated/α-hetero) is 1. The standard InChI is InChI=1S/C22H25FN2O2/c1-14-20(21-17(24-14)9-6-11-19(21)26)22(27)25-12-4-2-3-10-18(25)15-7-5-8-16(23)13-15/h5,7-8,13,18,24H,2-4,6,9-12H2,1H3. The zero-order valence-electron chi connectivity index (χ0n) is 15.7. The molecule has 1 aromatic heterocycles. The molecule has 1 aliphatic carbocycles. The fourth-order valence-corrected chi connectivity index (χ4v) is 4.56. The smallest absolute Gasteiger partial charge is 0.256 e. The molecule has 142 valence electrons. The highest BCUT2D eigenvalue weighted by atomic mass is 19.1. The van der Waals surface area contributed by atoms with E-state index in [4.69, 9.17) is 0 Å². The number of amides is 1. The zero-order valence-corrected chi connectivity index (χ0v) is 15.7. The number of hydrogen-bond donors (Lipinski definition) is 1. The van der Waals surface area contributed by atoms with E-state index in [0.29, 0.717) is 24.1 Å². The van der Waals surface area contributed by atoms with Gasteiger partial charge in [0, 0.05) is 24.4 Å². The third-order valence-corrected chi connectivity index (χ3v) is 5.84. The van der Waals surface area contributed by atoms with E-state index in [-0.39, 0.29) is 23.5 Å². The second-order valence-electron chi connectivity index (χ2n) is 7.67. The summed E-state index contributed by atoms with van der Waals surface area (Å²) in [6, 6.07) is 6.40. The minimum absolute atomic E-state index is 0.0566. The summed E-state index contributed by atoms with van der Waals surface area (Å²) in [6.07, 6.45) is 5.94. The number of aromatic nitrogens is 1. The van der Waals surface area contributed by atoms with Gasteiger partial charge in [-0.25, -0.2) is 4.39 Å². The maximum Gasteiger partial charge on any atom is 0.256 e. The summed E-state index contributed by atoms with van der Waals surface area (Å²) in [5, 5.41) is 0. The SMILES string of the molecule is Cc1[nH]c2c(c1C(=O)N1CCCCCC1c1cccc(F)c1)C(=O)CCC2. The maximum absolute atomic E-state index is 13.8. The van der Waals surface area contributed by atoms with Gasteiger partial charge < -0.3 is 9.88 Å². The predicted molar refractivity (Wildman–Crippen MR) is 101 cm³/mol. The third-order valence-electron chi connectivity index (χ3n) is 5.84. The van der Waals surface area contributed by atoms with Gasteiger partial charge in [0.2, 0.25) is 0 Å². The Morgan fingerprint density at radius 3 is 2.85 bits per heavy atom. The lowest BCUT2D eigenvalue weighted by atomic mass is 9.92. The first kappa shape index (κ1) is 18.0. The van der Waals surface area contributed by atoms with Crippen molar-refractivity contribution in [3.05, 3.63) is 58.2 Å². The molecule has 4 nitrogen and oxygen atoms in total. The molecule has 2 aromatic rings. The van der Waals surface area contributed by atoms with Crippen LogP contribution in [-0.2, 0) is 6.42 Å². The molecule has 27 heavy (non-hydrogen) atoms. The Bertz CT molecular complexity index is 886. The van der Waals surface area contributed by atoms with E-state index in [1.54, 1.807) is 6.07 Å². The van der Waals surface area contributed by atoms with Gasteiger partial charge in [-0.3, -0.25) is 9.59 Å². The first-order chi connectivity index (χ1) is 13.1. The zero-order chi connectivity index (χ0) is 19.0. The van der Waals surface area contributed by atoms with Crippen molar-refractivity contribution in [2.75, 3.05) is 6.54 Å². The average Bonchev–Trinajstić information content (AvgIpc) is 2.83. The van der Waals surface area contributed by atoms with Gasteiger partial charge in [-0.05, 0) is 50.3 Å². The van der Waals surface area contributed by atoms with Gasteiger partial charge >= 0.3 is 0 Å². The molecular weight excluding hydrogens is 343 g/mol. The monoisotopic (exact) mass is 368 g/mol. The number of likely N-dealkylation sites (tertiary alicyclic amines) is 1. The number of ketones is 1. The van der Waals surface area contributed by atoms with E-state index in [1.165, 1.54) is 12.1 Å². The van der Waals surface area contributed by atoms with Crippen molar-refractivity contribution in [2.45, 2.75) is 57.9 Å². The van der Waals surface area contributed by atoms with Crippen LogP contribution in [0, 0.1) is 12.7 Å². The Kier molecular flexibility index (Phi) is 4.85. The Hall–Kier alpha value is -2.43. The summed E-state index contributed by atoms with van der Waals surface area (Å²) in [6.45, 7) is 2.50. The number of rotatable bonds is 2. The van der Waals surface area contributed by atoms with Crippen LogP contribution in [0.1, 0.15) is 82.2 Å². The lowest BCUT2D eigenvalue weighted by Crippen LogP contribution is -2.36. The largest absolute Gasteiger partial charge is 0.361 e. The van der Waals surface area contributed by atoms with Crippen LogP contribution >= 0.6 is 0 Å². The summed E-state index contributed by atoms with van der Waals surface area (Å²) in [7, 11) is 0. The first-order valence-corrected chi connectivity index (χ1v) is 9.87. The number of carbonyl (C=O) groups is 2. The molecule has 1 atom stereocenters. The van der Waals surface area contributed by atoms with Gasteiger partial charge in [0.25, 0.3) is 5.91 Å². The number of hydrogen-bond acceptors (Lipinski definition) is 2. The molecule has 1 aliphatic heterocycles. The fraction of sp³-hybridized carbons (Fsp3) is 0.455. The molecule has 4 rings (SSSR count). The molecular formula is C22H25FN2O2. The molecule has 0 spiro atoms. The molecule has 5 heteroatoms. The van der Waals surface area contributed by atoms with Crippen molar-refractivity contribution in [3.63, 3.8) is 0 Å². The van der Waals surface area contributed by atoms with Gasteiger partial charge in [0.05, 0.1) is 17.2 Å². The second kappa shape index (κ2) is 7.29. The van der Waals surface area contributed by atoms with Crippen LogP contribution in [0.3, 0.4) is 0 Å². The highest BCUT2D eigenvalue weighted by Crippen LogP contribution is 2.34. The number of nitrogens with zero attached hydrogens (tertiary/aromatic N) is 1. The van der Waals surface area contributed by atoms with Crippen LogP contribution in [0.5, 0.6) is 0 Å². The van der Waals surface area contributed by atoms with Crippen LogP contribution in [0.25, 0.3) is 0 Å². The molecule has 0 bridgehead atoms. The van der Waals surface area contributed by atoms with Crippen LogP contribution in [-0.4, -0.2) is 28.1 Å². The van der Waals surface area contributed by atoms with Crippen LogP contribution in [0.4, 0.5) is 4.39 Å². The molecule has 1 aromatic carbocycles. The molecule has 1 saturated heterocycles. The normalized spacial score (nSPS) is 20.3. The Balaban J connectivity index is 1.75. The Labute approximate surface area is 158 Å². The quantitative estimate of drug-likeness (QED) is 0.832. The van der Waals surface area contributed by atoms with Crippen molar-refractivity contribution in [1.82, 2.24) is 9.88 Å². The summed E-state index contributed by atoms with van der Waals surface area (Å²) >= 11 is 0. The second-order valence-corrected chi connectivity index (χ2v) is 7.67. The summed E-state index contributed by atoms with van der Waals surface area (Å²) in [5.41, 5.74) is 3.61. The lowest BCUT2D eigenvalue weighted by Gasteiger charge is -2.31. The van der Waals surface area contributed by atoms with Gasteiger partial charge in [-0.15, -0.1) is 0 Å². The molecule has 2 aliphatic rings. The Morgan fingerprint density at radius 1 is 1.19 bits per heavy atom. The minimum Gasteiger partial charge on any atom is -0.361 e. The number of aryl methyl sites for hydroxylation is 2. The van der Waals surface area contributed by atoms with Gasteiger partial charge in [0.1, 0.15) is 5.82 Å². The average molecular weight is 368 g/mol. The number of benzene rings is 1. The molecule has 1 N–H and O–H groups in total.